The molecular formula is C16H27AlNO4. The van der Waals surface area contributed by atoms with Gasteiger partial charge in [-0.15, -0.1) is 6.58 Å². The van der Waals surface area contributed by atoms with Gasteiger partial charge in [0.2, 0.25) is 0 Å². The summed E-state index contributed by atoms with van der Waals surface area (Å²) in [6.45, 7) is 10.4. The van der Waals surface area contributed by atoms with Crippen LogP contribution in [0.5, 0.6) is 0 Å². The van der Waals surface area contributed by atoms with Crippen molar-refractivity contribution in [3.8, 4) is 0 Å². The number of hydrogen-bond acceptors (Lipinski definition) is 5. The number of methoxy groups -OCH3 is 1. The Hall–Kier alpha value is -0.898. The lowest BCUT2D eigenvalue weighted by Gasteiger charge is -2.22. The van der Waals surface area contributed by atoms with Crippen molar-refractivity contribution in [2.24, 2.45) is 0 Å². The molecule has 0 saturated heterocycles. The third-order valence-electron chi connectivity index (χ3n) is 2.77. The molecule has 0 aliphatic carbocycles. The third-order valence-corrected chi connectivity index (χ3v) is 3.69. The van der Waals surface area contributed by atoms with E-state index in [4.69, 9.17) is 22.5 Å². The van der Waals surface area contributed by atoms with Crippen LogP contribution in [-0.2, 0) is 17.1 Å². The smallest absolute Gasteiger partial charge is 0.616 e. The van der Waals surface area contributed by atoms with Crippen molar-refractivity contribution in [3.05, 3.63) is 37.5 Å². The summed E-state index contributed by atoms with van der Waals surface area (Å²) in [5.41, 5.74) is 0. The largest absolute Gasteiger partial charge is 0.775 e. The summed E-state index contributed by atoms with van der Waals surface area (Å²) in [5.74, 6) is 0.267. The maximum absolute atomic E-state index is 7.70. The van der Waals surface area contributed by atoms with Crippen LogP contribution in [0.15, 0.2) is 37.5 Å². The average molecular weight is 324 g/mol. The van der Waals surface area contributed by atoms with Gasteiger partial charge in [0.15, 0.2) is 0 Å². The summed E-state index contributed by atoms with van der Waals surface area (Å²) in [6.07, 6.45) is 9.17. The number of hydrogen-bond donors (Lipinski definition) is 1. The highest BCUT2D eigenvalue weighted by Crippen LogP contribution is 2.06. The van der Waals surface area contributed by atoms with Gasteiger partial charge in [-0.2, -0.15) is 0 Å². The Morgan fingerprint density at radius 3 is 2.73 bits per heavy atom. The number of rotatable bonds is 14. The molecule has 0 aliphatic heterocycles. The fourth-order valence-electron chi connectivity index (χ4n) is 1.56. The Morgan fingerprint density at radius 2 is 2.09 bits per heavy atom. The van der Waals surface area contributed by atoms with Crippen molar-refractivity contribution in [1.29, 1.82) is 5.41 Å². The molecule has 6 heteroatoms. The molecule has 0 saturated carbocycles. The van der Waals surface area contributed by atoms with E-state index in [-0.39, 0.29) is 18.1 Å². The molecule has 0 aliphatic rings. The molecular weight excluding hydrogens is 297 g/mol. The van der Waals surface area contributed by atoms with Crippen molar-refractivity contribution in [2.45, 2.75) is 38.4 Å². The zero-order valence-electron chi connectivity index (χ0n) is 13.6. The fraction of sp³-hybridized carbons (Fsp3) is 0.562. The summed E-state index contributed by atoms with van der Waals surface area (Å²) in [7, 11) is 1.67. The maximum atomic E-state index is 7.70. The van der Waals surface area contributed by atoms with Gasteiger partial charge in [-0.25, -0.2) is 0 Å². The quantitative estimate of drug-likeness (QED) is 0.133. The Bertz CT molecular complexity index is 347. The van der Waals surface area contributed by atoms with Gasteiger partial charge in [0, 0.05) is 20.1 Å². The molecule has 2 atom stereocenters. The second-order valence-electron chi connectivity index (χ2n) is 4.64. The van der Waals surface area contributed by atoms with Crippen LogP contribution >= 0.6 is 0 Å². The summed E-state index contributed by atoms with van der Waals surface area (Å²) in [5, 5.41) is 7.70. The zero-order valence-corrected chi connectivity index (χ0v) is 14.8. The maximum Gasteiger partial charge on any atom is 0.775 e. The van der Waals surface area contributed by atoms with Gasteiger partial charge in [-0.1, -0.05) is 30.9 Å². The van der Waals surface area contributed by atoms with Crippen LogP contribution in [0.25, 0.3) is 0 Å². The second-order valence-corrected chi connectivity index (χ2v) is 5.34. The molecule has 0 aromatic rings. The van der Waals surface area contributed by atoms with Gasteiger partial charge in [0.05, 0.1) is 18.8 Å². The Labute approximate surface area is 140 Å². The molecule has 5 nitrogen and oxygen atoms in total. The van der Waals surface area contributed by atoms with Gasteiger partial charge in [-0.3, -0.25) is 5.41 Å². The minimum atomic E-state index is -0.724. The van der Waals surface area contributed by atoms with E-state index in [1.165, 1.54) is 0 Å². The molecule has 0 fully saturated rings. The predicted molar refractivity (Wildman–Crippen MR) is 90.1 cm³/mol. The van der Waals surface area contributed by atoms with E-state index in [9.17, 15) is 0 Å². The first-order valence-electron chi connectivity index (χ1n) is 7.37. The van der Waals surface area contributed by atoms with E-state index in [2.05, 4.69) is 13.2 Å². The predicted octanol–water partition coefficient (Wildman–Crippen LogP) is 3.05. The van der Waals surface area contributed by atoms with Crippen LogP contribution in [0.3, 0.4) is 0 Å². The average Bonchev–Trinajstić information content (AvgIpc) is 2.51. The van der Waals surface area contributed by atoms with Crippen molar-refractivity contribution in [2.75, 3.05) is 20.3 Å². The molecule has 123 valence electrons. The van der Waals surface area contributed by atoms with E-state index >= 15 is 0 Å². The number of ether oxygens (including phenoxy) is 2. The molecule has 22 heavy (non-hydrogen) atoms. The van der Waals surface area contributed by atoms with Crippen LogP contribution in [0.1, 0.15) is 26.2 Å². The van der Waals surface area contributed by atoms with Crippen molar-refractivity contribution in [1.82, 2.24) is 0 Å². The Kier molecular flexibility index (Phi) is 14.4. The van der Waals surface area contributed by atoms with E-state index in [0.29, 0.717) is 19.6 Å². The molecule has 0 heterocycles. The molecule has 0 aromatic heterocycles. The molecule has 1 radical (unpaired) electrons. The highest BCUT2D eigenvalue weighted by Gasteiger charge is 2.17. The molecule has 2 unspecified atom stereocenters. The van der Waals surface area contributed by atoms with Crippen LogP contribution < -0.4 is 0 Å². The van der Waals surface area contributed by atoms with Gasteiger partial charge >= 0.3 is 15.9 Å². The third kappa shape index (κ3) is 11.7. The van der Waals surface area contributed by atoms with Crippen LogP contribution in [0.2, 0.25) is 0 Å². The van der Waals surface area contributed by atoms with Crippen LogP contribution in [0, 0.1) is 5.41 Å². The van der Waals surface area contributed by atoms with Crippen molar-refractivity contribution < 1.29 is 17.1 Å². The molecule has 1 N–H and O–H groups in total. The highest BCUT2D eigenvalue weighted by molar-refractivity contribution is 6.22. The fourth-order valence-corrected chi connectivity index (χ4v) is 2.18. The first-order valence-corrected chi connectivity index (χ1v) is 8.31. The number of nitrogens with one attached hydrogen (secondary N) is 1. The molecule has 0 spiro atoms. The van der Waals surface area contributed by atoms with E-state index < -0.39 is 15.9 Å². The summed E-state index contributed by atoms with van der Waals surface area (Å²) < 4.78 is 21.6. The van der Waals surface area contributed by atoms with E-state index in [1.54, 1.807) is 19.3 Å². The lowest BCUT2D eigenvalue weighted by Crippen LogP contribution is -2.30. The Balaban J connectivity index is 3.97. The lowest BCUT2D eigenvalue weighted by atomic mass is 10.2. The lowest BCUT2D eigenvalue weighted by molar-refractivity contribution is 0.0196. The molecule has 0 aromatic carbocycles. The SMILES string of the molecule is C=C/C=C\C(OCC=C)C(C)[O][Al][O]C(=N)CCCCOC. The highest BCUT2D eigenvalue weighted by atomic mass is 27.2. The van der Waals surface area contributed by atoms with Crippen LogP contribution in [0.4, 0.5) is 0 Å². The minimum Gasteiger partial charge on any atom is -0.616 e. The molecule has 0 amide bonds. The van der Waals surface area contributed by atoms with E-state index in [1.807, 2.05) is 19.1 Å². The van der Waals surface area contributed by atoms with Gasteiger partial charge in [0.1, 0.15) is 5.90 Å². The standard InChI is InChI=1S/C10H15O2.C6H13NO2.Al/c1-4-6-7-10(9(3)11)12-8-5-2;1-9-5-3-2-4-6(7)8;/h4-7,9-10H,1-2,8H2,3H3;2-5H2,1H3,(H2,7,8);/q-1;;+2/p-1/b7-6-;;. The monoisotopic (exact) mass is 324 g/mol. The number of unbranched alkanes of at least 4 members (excludes halogenated alkanes) is 1. The minimum absolute atomic E-state index is 0.160. The van der Waals surface area contributed by atoms with Crippen LogP contribution in [-0.4, -0.2) is 54.3 Å². The summed E-state index contributed by atoms with van der Waals surface area (Å²) in [4.78, 5) is 0. The first-order chi connectivity index (χ1) is 10.7. The van der Waals surface area contributed by atoms with Crippen molar-refractivity contribution in [3.63, 3.8) is 0 Å². The normalized spacial score (nSPS) is 13.5. The van der Waals surface area contributed by atoms with Gasteiger partial charge < -0.3 is 17.1 Å². The molecule has 0 rings (SSSR count). The summed E-state index contributed by atoms with van der Waals surface area (Å²) >= 11 is -0.724. The van der Waals surface area contributed by atoms with Crippen molar-refractivity contribution >= 4 is 21.8 Å². The number of allylic oxidation sites excluding steroid dienone is 2. The second kappa shape index (κ2) is 15.0. The van der Waals surface area contributed by atoms with Gasteiger partial charge in [0.25, 0.3) is 0 Å². The topological polar surface area (TPSA) is 60.8 Å². The Morgan fingerprint density at radius 1 is 1.32 bits per heavy atom. The molecule has 0 bridgehead atoms. The first kappa shape index (κ1) is 21.1. The summed E-state index contributed by atoms with van der Waals surface area (Å²) in [6, 6.07) is 0. The van der Waals surface area contributed by atoms with Gasteiger partial charge in [-0.05, 0) is 19.8 Å². The zero-order chi connectivity index (χ0) is 16.6. The van der Waals surface area contributed by atoms with E-state index in [0.717, 1.165) is 12.8 Å².